The summed E-state index contributed by atoms with van der Waals surface area (Å²) < 4.78 is 12.2. The van der Waals surface area contributed by atoms with E-state index in [4.69, 9.17) is 9.47 Å². The lowest BCUT2D eigenvalue weighted by molar-refractivity contribution is -0.112. The summed E-state index contributed by atoms with van der Waals surface area (Å²) in [6, 6.07) is 0.0418. The minimum absolute atomic E-state index is 0.0357. The van der Waals surface area contributed by atoms with Crippen LogP contribution in [0.3, 0.4) is 0 Å². The summed E-state index contributed by atoms with van der Waals surface area (Å²) in [5.41, 5.74) is 1.14. The van der Waals surface area contributed by atoms with Crippen LogP contribution in [0.2, 0.25) is 0 Å². The second kappa shape index (κ2) is 11.4. The number of morpholine rings is 1. The van der Waals surface area contributed by atoms with E-state index in [-0.39, 0.29) is 43.4 Å². The molecule has 1 amide bonds. The molecule has 0 saturated carbocycles. The number of ether oxygens (including phenoxy) is 2. The van der Waals surface area contributed by atoms with Crippen molar-refractivity contribution in [2.75, 3.05) is 13.2 Å². The van der Waals surface area contributed by atoms with Crippen molar-refractivity contribution in [2.24, 2.45) is 11.8 Å². The zero-order valence-corrected chi connectivity index (χ0v) is 18.5. The van der Waals surface area contributed by atoms with Crippen molar-refractivity contribution in [1.29, 1.82) is 0 Å². The van der Waals surface area contributed by atoms with Crippen LogP contribution in [0.5, 0.6) is 0 Å². The average molecular weight is 421 g/mol. The Morgan fingerprint density at radius 2 is 2.13 bits per heavy atom. The lowest BCUT2D eigenvalue weighted by Gasteiger charge is -2.45. The van der Waals surface area contributed by atoms with Crippen molar-refractivity contribution in [1.82, 2.24) is 10.2 Å². The third-order valence-corrected chi connectivity index (χ3v) is 6.16. The van der Waals surface area contributed by atoms with E-state index in [1.807, 2.05) is 26.8 Å². The van der Waals surface area contributed by atoms with Gasteiger partial charge in [-0.25, -0.2) is 4.79 Å². The Balaban J connectivity index is 1.98. The molecule has 0 radical (unpaired) electrons. The number of carbonyl (C=O) groups is 2. The summed E-state index contributed by atoms with van der Waals surface area (Å²) in [4.78, 5) is 23.8. The smallest absolute Gasteiger partial charge is 0.408 e. The molecule has 2 N–H and O–H groups in total. The fourth-order valence-corrected chi connectivity index (χ4v) is 4.06. The van der Waals surface area contributed by atoms with Gasteiger partial charge in [0, 0.05) is 12.0 Å². The Hall–Kier alpha value is -1.96. The van der Waals surface area contributed by atoms with E-state index < -0.39 is 12.3 Å². The molecule has 0 spiro atoms. The normalized spacial score (nSPS) is 34.0. The molecule has 7 heteroatoms. The first-order chi connectivity index (χ1) is 14.3. The lowest BCUT2D eigenvalue weighted by atomic mass is 9.88. The van der Waals surface area contributed by atoms with Crippen LogP contribution in [-0.4, -0.2) is 66.1 Å². The molecule has 0 aromatic carbocycles. The molecule has 168 valence electrons. The molecule has 0 aliphatic carbocycles. The first kappa shape index (κ1) is 24.3. The average Bonchev–Trinajstić information content (AvgIpc) is 2.73. The highest BCUT2D eigenvalue weighted by Crippen LogP contribution is 2.29. The van der Waals surface area contributed by atoms with Gasteiger partial charge in [0.25, 0.3) is 0 Å². The minimum Gasteiger partial charge on any atom is -0.465 e. The number of carbonyl (C=O) groups excluding carboxylic acids is 1. The van der Waals surface area contributed by atoms with Crippen molar-refractivity contribution in [2.45, 2.75) is 71.1 Å². The number of carboxylic acid groups (broad SMARTS) is 1. The van der Waals surface area contributed by atoms with Crippen LogP contribution >= 0.6 is 0 Å². The van der Waals surface area contributed by atoms with Crippen molar-refractivity contribution >= 4 is 12.4 Å². The molecule has 7 atom stereocenters. The van der Waals surface area contributed by atoms with E-state index in [1.165, 1.54) is 11.0 Å². The molecule has 0 bridgehead atoms. The van der Waals surface area contributed by atoms with E-state index in [9.17, 15) is 14.7 Å². The maximum Gasteiger partial charge on any atom is 0.408 e. The fourth-order valence-electron chi connectivity index (χ4n) is 4.06. The number of nitrogens with zero attached hydrogens (tertiary/aromatic N) is 1. The van der Waals surface area contributed by atoms with E-state index in [0.717, 1.165) is 18.4 Å². The monoisotopic (exact) mass is 420 g/mol. The van der Waals surface area contributed by atoms with Crippen LogP contribution in [0.1, 0.15) is 40.5 Å². The molecule has 3 unspecified atom stereocenters. The largest absolute Gasteiger partial charge is 0.465 e. The van der Waals surface area contributed by atoms with E-state index in [2.05, 4.69) is 24.9 Å². The van der Waals surface area contributed by atoms with E-state index >= 15 is 0 Å². The molecule has 2 heterocycles. The number of nitrogens with one attached hydrogen (secondary N) is 1. The van der Waals surface area contributed by atoms with E-state index in [0.29, 0.717) is 12.2 Å². The van der Waals surface area contributed by atoms with Crippen LogP contribution < -0.4 is 5.32 Å². The van der Waals surface area contributed by atoms with Crippen LogP contribution in [-0.2, 0) is 14.3 Å². The Bertz CT molecular complexity index is 662. The Morgan fingerprint density at radius 3 is 2.77 bits per heavy atom. The van der Waals surface area contributed by atoms with Crippen LogP contribution in [0.4, 0.5) is 4.79 Å². The van der Waals surface area contributed by atoms with Gasteiger partial charge in [0.1, 0.15) is 12.5 Å². The second-order valence-corrected chi connectivity index (χ2v) is 8.46. The van der Waals surface area contributed by atoms with Gasteiger partial charge in [-0.1, -0.05) is 44.2 Å². The van der Waals surface area contributed by atoms with Crippen molar-refractivity contribution < 1.29 is 24.2 Å². The highest BCUT2D eigenvalue weighted by molar-refractivity contribution is 5.66. The SMILES string of the molecule is C=CC(C)=CC[C@@H]1O[C@H](C)[C@H](NC2COC(C(C)C=CC=O)CN2C(=O)O)C[C@@H]1C. The van der Waals surface area contributed by atoms with Gasteiger partial charge in [-0.15, -0.1) is 0 Å². The minimum atomic E-state index is -0.979. The topological polar surface area (TPSA) is 88.1 Å². The van der Waals surface area contributed by atoms with Gasteiger partial charge >= 0.3 is 6.09 Å². The van der Waals surface area contributed by atoms with E-state index in [1.54, 1.807) is 6.08 Å². The third kappa shape index (κ3) is 6.52. The number of amides is 1. The van der Waals surface area contributed by atoms with Gasteiger partial charge < -0.3 is 14.6 Å². The number of aldehydes is 1. The summed E-state index contributed by atoms with van der Waals surface area (Å²) in [5, 5.41) is 13.2. The summed E-state index contributed by atoms with van der Waals surface area (Å²) in [6.45, 7) is 12.4. The third-order valence-electron chi connectivity index (χ3n) is 6.16. The Morgan fingerprint density at radius 1 is 1.40 bits per heavy atom. The number of hydrogen-bond acceptors (Lipinski definition) is 5. The van der Waals surface area contributed by atoms with Crippen LogP contribution in [0.15, 0.2) is 36.5 Å². The molecule has 2 saturated heterocycles. The fraction of sp³-hybridized carbons (Fsp3) is 0.652. The Labute approximate surface area is 179 Å². The lowest BCUT2D eigenvalue weighted by Crippen LogP contribution is -2.63. The highest BCUT2D eigenvalue weighted by Gasteiger charge is 2.39. The molecule has 2 rings (SSSR count). The molecule has 0 aromatic heterocycles. The van der Waals surface area contributed by atoms with Gasteiger partial charge in [-0.2, -0.15) is 0 Å². The molecule has 2 aliphatic rings. The highest BCUT2D eigenvalue weighted by atomic mass is 16.5. The van der Waals surface area contributed by atoms with Gasteiger partial charge in [0.15, 0.2) is 0 Å². The van der Waals surface area contributed by atoms with Gasteiger partial charge in [-0.05, 0) is 38.7 Å². The quantitative estimate of drug-likeness (QED) is 0.356. The van der Waals surface area contributed by atoms with Gasteiger partial charge in [-0.3, -0.25) is 15.0 Å². The molecule has 30 heavy (non-hydrogen) atoms. The summed E-state index contributed by atoms with van der Waals surface area (Å²) in [5.74, 6) is 0.291. The standard InChI is InChI=1S/C23H36N2O5/c1-6-15(2)9-10-20-17(4)12-19(18(5)30-20)24-22-14-29-21(13-25(22)23(27)28)16(3)8-7-11-26/h6-9,11,16-22,24H,1,10,12-14H2,2-5H3,(H,27,28)/t16?,17-,18+,19+,20-,21?,22?/m0/s1. The summed E-state index contributed by atoms with van der Waals surface area (Å²) >= 11 is 0. The summed E-state index contributed by atoms with van der Waals surface area (Å²) in [6.07, 6.45) is 8.04. The van der Waals surface area contributed by atoms with Crippen LogP contribution in [0.25, 0.3) is 0 Å². The number of rotatable bonds is 8. The van der Waals surface area contributed by atoms with Gasteiger partial charge in [0.2, 0.25) is 0 Å². The number of hydrogen-bond donors (Lipinski definition) is 2. The van der Waals surface area contributed by atoms with Crippen molar-refractivity contribution in [3.8, 4) is 0 Å². The maximum atomic E-state index is 11.9. The first-order valence-corrected chi connectivity index (χ1v) is 10.7. The first-order valence-electron chi connectivity index (χ1n) is 10.7. The number of allylic oxidation sites excluding steroid dienone is 3. The summed E-state index contributed by atoms with van der Waals surface area (Å²) in [7, 11) is 0. The zero-order valence-electron chi connectivity index (χ0n) is 18.5. The molecular weight excluding hydrogens is 384 g/mol. The van der Waals surface area contributed by atoms with Crippen LogP contribution in [0, 0.1) is 11.8 Å². The maximum absolute atomic E-state index is 11.9. The molecule has 2 aliphatic heterocycles. The Kier molecular flexibility index (Phi) is 9.27. The van der Waals surface area contributed by atoms with Crippen molar-refractivity contribution in [3.63, 3.8) is 0 Å². The second-order valence-electron chi connectivity index (χ2n) is 8.46. The van der Waals surface area contributed by atoms with Crippen molar-refractivity contribution in [3.05, 3.63) is 36.5 Å². The van der Waals surface area contributed by atoms with Gasteiger partial charge in [0.05, 0.1) is 31.5 Å². The predicted molar refractivity (Wildman–Crippen MR) is 116 cm³/mol. The zero-order chi connectivity index (χ0) is 22.3. The molecular formula is C23H36N2O5. The molecule has 0 aromatic rings. The molecule has 7 nitrogen and oxygen atoms in total. The predicted octanol–water partition coefficient (Wildman–Crippen LogP) is 3.38. The molecule has 2 fully saturated rings.